The lowest BCUT2D eigenvalue weighted by Gasteiger charge is -2.62. The molecule has 1 aliphatic heterocycles. The van der Waals surface area contributed by atoms with Gasteiger partial charge in [-0.1, -0.05) is 109 Å². The van der Waals surface area contributed by atoms with Gasteiger partial charge in [0, 0.05) is 22.1 Å². The lowest BCUT2D eigenvalue weighted by Crippen LogP contribution is -2.56. The quantitative estimate of drug-likeness (QED) is 0.173. The van der Waals surface area contributed by atoms with Gasteiger partial charge in [0.25, 0.3) is 0 Å². The molecule has 0 unspecified atom stereocenters. The molecule has 0 atom stereocenters. The summed E-state index contributed by atoms with van der Waals surface area (Å²) in [7, 11) is -0.352. The van der Waals surface area contributed by atoms with E-state index in [0.717, 1.165) is 34.0 Å². The summed E-state index contributed by atoms with van der Waals surface area (Å²) in [5.41, 5.74) is 6.20. The van der Waals surface area contributed by atoms with E-state index in [0.29, 0.717) is 29.3 Å². The summed E-state index contributed by atoms with van der Waals surface area (Å²) in [6.07, 6.45) is 6.71. The Morgan fingerprint density at radius 3 is 1.31 bits per heavy atom. The maximum absolute atomic E-state index is 6.43. The van der Waals surface area contributed by atoms with Crippen molar-refractivity contribution in [2.45, 2.75) is 76.4 Å². The molecule has 1 aromatic heterocycles. The Morgan fingerprint density at radius 1 is 0.490 bits per heavy atom. The zero-order valence-corrected chi connectivity index (χ0v) is 29.0. The average molecular weight is 646 g/mol. The normalized spacial score (nSPS) is 27.8. The van der Waals surface area contributed by atoms with Crippen LogP contribution in [0, 0.1) is 23.7 Å². The highest BCUT2D eigenvalue weighted by Gasteiger charge is 2.59. The molecule has 4 aromatic carbocycles. The molecule has 5 nitrogen and oxygen atoms in total. The van der Waals surface area contributed by atoms with E-state index in [2.05, 4.69) is 100 Å². The molecule has 4 saturated carbocycles. The molecule has 4 bridgehead atoms. The van der Waals surface area contributed by atoms with Gasteiger partial charge in [0.1, 0.15) is 0 Å². The van der Waals surface area contributed by atoms with E-state index in [1.54, 1.807) is 0 Å². The van der Waals surface area contributed by atoms with Gasteiger partial charge in [-0.2, -0.15) is 0 Å². The monoisotopic (exact) mass is 645 g/mol. The van der Waals surface area contributed by atoms with Crippen LogP contribution in [0.2, 0.25) is 0 Å². The largest absolute Gasteiger partial charge is 0.494 e. The van der Waals surface area contributed by atoms with Crippen molar-refractivity contribution in [2.75, 3.05) is 0 Å². The number of benzene rings is 4. The fraction of sp³-hybridized carbons (Fsp3) is 0.372. The summed E-state index contributed by atoms with van der Waals surface area (Å²) >= 11 is 0. The van der Waals surface area contributed by atoms with Crippen LogP contribution in [0.4, 0.5) is 0 Å². The predicted molar refractivity (Wildman–Crippen MR) is 196 cm³/mol. The average Bonchev–Trinajstić information content (AvgIpc) is 3.35. The minimum absolute atomic E-state index is 0.0100. The molecule has 0 spiro atoms. The van der Waals surface area contributed by atoms with E-state index < -0.39 is 0 Å². The molecular weight excluding hydrogens is 601 g/mol. The van der Waals surface area contributed by atoms with E-state index in [-0.39, 0.29) is 23.7 Å². The smallest absolute Gasteiger partial charge is 0.399 e. The maximum atomic E-state index is 6.43. The van der Waals surface area contributed by atoms with Crippen LogP contribution in [-0.2, 0) is 14.7 Å². The molecule has 0 radical (unpaired) electrons. The van der Waals surface area contributed by atoms with Crippen LogP contribution in [0.15, 0.2) is 109 Å². The van der Waals surface area contributed by atoms with Crippen molar-refractivity contribution in [1.29, 1.82) is 0 Å². The maximum Gasteiger partial charge on any atom is 0.494 e. The van der Waals surface area contributed by atoms with E-state index >= 15 is 0 Å². The van der Waals surface area contributed by atoms with Crippen LogP contribution < -0.4 is 5.46 Å². The number of nitrogens with zero attached hydrogens (tertiary/aromatic N) is 3. The Balaban J connectivity index is 1.11. The zero-order valence-electron chi connectivity index (χ0n) is 29.0. The lowest BCUT2D eigenvalue weighted by atomic mass is 9.42. The van der Waals surface area contributed by atoms with E-state index in [1.807, 2.05) is 36.4 Å². The Labute approximate surface area is 290 Å². The molecule has 2 heterocycles. The molecule has 246 valence electrons. The fourth-order valence-electron chi connectivity index (χ4n) is 9.77. The van der Waals surface area contributed by atoms with Gasteiger partial charge in [0.05, 0.1) is 11.2 Å². The molecule has 5 aromatic rings. The van der Waals surface area contributed by atoms with Crippen molar-refractivity contribution in [1.82, 2.24) is 15.0 Å². The second-order valence-corrected chi connectivity index (χ2v) is 16.0. The molecule has 49 heavy (non-hydrogen) atoms. The van der Waals surface area contributed by atoms with Crippen LogP contribution in [0.3, 0.4) is 0 Å². The van der Waals surface area contributed by atoms with Crippen molar-refractivity contribution in [3.05, 3.63) is 120 Å². The van der Waals surface area contributed by atoms with Crippen molar-refractivity contribution in [3.8, 4) is 34.2 Å². The second-order valence-electron chi connectivity index (χ2n) is 16.0. The number of hydrogen-bond donors (Lipinski definition) is 0. The first-order valence-corrected chi connectivity index (χ1v) is 18.1. The lowest BCUT2D eigenvalue weighted by molar-refractivity contribution is -0.0418. The van der Waals surface area contributed by atoms with Crippen molar-refractivity contribution in [2.24, 2.45) is 23.7 Å². The Bertz CT molecular complexity index is 1870. The molecule has 5 aliphatic rings. The topological polar surface area (TPSA) is 57.1 Å². The molecule has 4 aliphatic carbocycles. The van der Waals surface area contributed by atoms with Gasteiger partial charge in [-0.15, -0.1) is 0 Å². The summed E-state index contributed by atoms with van der Waals surface area (Å²) in [4.78, 5) is 14.9. The molecule has 10 rings (SSSR count). The predicted octanol–water partition coefficient (Wildman–Crippen LogP) is 8.91. The highest BCUT2D eigenvalue weighted by atomic mass is 16.7. The van der Waals surface area contributed by atoms with E-state index in [1.165, 1.54) is 43.2 Å². The highest BCUT2D eigenvalue weighted by molar-refractivity contribution is 6.62. The van der Waals surface area contributed by atoms with Gasteiger partial charge < -0.3 is 9.31 Å². The van der Waals surface area contributed by atoms with Crippen molar-refractivity contribution < 1.29 is 9.31 Å². The van der Waals surface area contributed by atoms with Crippen molar-refractivity contribution >= 4 is 12.6 Å². The van der Waals surface area contributed by atoms with Crippen LogP contribution in [0.25, 0.3) is 34.2 Å². The Kier molecular flexibility index (Phi) is 7.23. The first-order chi connectivity index (χ1) is 23.7. The molecule has 0 N–H and O–H groups in total. The first kappa shape index (κ1) is 30.9. The van der Waals surface area contributed by atoms with Crippen LogP contribution in [0.5, 0.6) is 0 Å². The third-order valence-electron chi connectivity index (χ3n) is 12.7. The summed E-state index contributed by atoms with van der Waals surface area (Å²) < 4.78 is 12.9. The molecule has 5 fully saturated rings. The van der Waals surface area contributed by atoms with Gasteiger partial charge in [0.2, 0.25) is 0 Å². The third kappa shape index (κ3) is 5.10. The standard InChI is InChI=1S/C43H44BN3O2/c1-41(2)42(3,4)49-44(48-41)37-21-19-34(20-22-37)43(35-24-28-23-29(26-35)27-36(43)25-28)33-17-15-32(16-18-33)40-46-38(30-11-7-5-8-12-30)45-39(47-40)31-13-9-6-10-14-31/h5-22,28-29,35-36H,23-27H2,1-4H3. The summed E-state index contributed by atoms with van der Waals surface area (Å²) in [5, 5.41) is 0. The van der Waals surface area contributed by atoms with Crippen LogP contribution in [0.1, 0.15) is 70.9 Å². The highest BCUT2D eigenvalue weighted by Crippen LogP contribution is 2.65. The summed E-state index contributed by atoms with van der Waals surface area (Å²) in [5.74, 6) is 5.10. The van der Waals surface area contributed by atoms with Crippen LogP contribution in [-0.4, -0.2) is 33.3 Å². The van der Waals surface area contributed by atoms with Gasteiger partial charge >= 0.3 is 7.12 Å². The first-order valence-electron chi connectivity index (χ1n) is 18.1. The molecule has 0 amide bonds. The van der Waals surface area contributed by atoms with E-state index in [9.17, 15) is 0 Å². The van der Waals surface area contributed by atoms with Gasteiger partial charge in [0.15, 0.2) is 17.5 Å². The van der Waals surface area contributed by atoms with Crippen LogP contribution >= 0.6 is 0 Å². The molecule has 6 heteroatoms. The number of hydrogen-bond acceptors (Lipinski definition) is 5. The number of aromatic nitrogens is 3. The summed E-state index contributed by atoms with van der Waals surface area (Å²) in [6.45, 7) is 8.49. The SMILES string of the molecule is CC1(C)OB(c2ccc(C3(c4ccc(-c5nc(-c6ccccc6)nc(-c6ccccc6)n5)cc4)C4CC5CC(C4)CC3C5)cc2)OC1(C)C. The van der Waals surface area contributed by atoms with Gasteiger partial charge in [-0.3, -0.25) is 0 Å². The van der Waals surface area contributed by atoms with Gasteiger partial charge in [-0.25, -0.2) is 15.0 Å². The minimum Gasteiger partial charge on any atom is -0.399 e. The third-order valence-corrected chi connectivity index (χ3v) is 12.7. The molecular formula is C43H44BN3O2. The van der Waals surface area contributed by atoms with Gasteiger partial charge in [-0.05, 0) is 100 Å². The second kappa shape index (κ2) is 11.5. The minimum atomic E-state index is -0.358. The van der Waals surface area contributed by atoms with E-state index in [4.69, 9.17) is 24.3 Å². The zero-order chi connectivity index (χ0) is 33.4. The Hall–Kier alpha value is -4.13. The Morgan fingerprint density at radius 2 is 0.878 bits per heavy atom. The molecule has 1 saturated heterocycles. The number of rotatable bonds is 6. The fourth-order valence-corrected chi connectivity index (χ4v) is 9.77. The summed E-state index contributed by atoms with van der Waals surface area (Å²) in [6, 6.07) is 39.0. The van der Waals surface area contributed by atoms with Crippen molar-refractivity contribution in [3.63, 3.8) is 0 Å².